The van der Waals surface area contributed by atoms with Gasteiger partial charge in [-0.3, -0.25) is 14.5 Å². The molecule has 2 saturated heterocycles. The highest BCUT2D eigenvalue weighted by Crippen LogP contribution is 2.44. The molecule has 7 heteroatoms. The molecule has 0 radical (unpaired) electrons. The lowest BCUT2D eigenvalue weighted by Gasteiger charge is -2.25. The Kier molecular flexibility index (Phi) is 6.70. The Morgan fingerprint density at radius 1 is 1.17 bits per heavy atom. The Labute approximate surface area is 144 Å². The first-order valence-corrected chi connectivity index (χ1v) is 8.75. The van der Waals surface area contributed by atoms with Gasteiger partial charge in [0, 0.05) is 6.42 Å². The van der Waals surface area contributed by atoms with Gasteiger partial charge in [0.05, 0.1) is 13.1 Å². The Hall–Kier alpha value is -1.52. The van der Waals surface area contributed by atoms with Crippen LogP contribution >= 0.6 is 0 Å². The van der Waals surface area contributed by atoms with Crippen molar-refractivity contribution in [1.29, 1.82) is 0 Å². The smallest absolute Gasteiger partial charge is 0.496 e. The summed E-state index contributed by atoms with van der Waals surface area (Å²) in [5.74, 6) is 5.37. The molecule has 6 nitrogen and oxygen atoms in total. The van der Waals surface area contributed by atoms with E-state index < -0.39 is 24.6 Å². The fraction of sp³-hybridized carbons (Fsp3) is 0.765. The summed E-state index contributed by atoms with van der Waals surface area (Å²) >= 11 is 0. The van der Waals surface area contributed by atoms with Crippen LogP contribution in [0.5, 0.6) is 0 Å². The second-order valence-corrected chi connectivity index (χ2v) is 6.47. The van der Waals surface area contributed by atoms with Crippen molar-refractivity contribution in [3.8, 4) is 11.8 Å². The van der Waals surface area contributed by atoms with E-state index in [9.17, 15) is 9.59 Å². The van der Waals surface area contributed by atoms with E-state index in [-0.39, 0.29) is 19.2 Å². The molecule has 0 aromatic heterocycles. The van der Waals surface area contributed by atoms with Gasteiger partial charge in [-0.05, 0) is 19.9 Å². The van der Waals surface area contributed by atoms with Crippen molar-refractivity contribution in [2.45, 2.75) is 64.0 Å². The molecule has 0 aromatic rings. The molecule has 2 heterocycles. The molecular formula is C17H26BNO5. The molecular weight excluding hydrogens is 309 g/mol. The molecule has 2 fully saturated rings. The van der Waals surface area contributed by atoms with E-state index in [1.807, 2.05) is 0 Å². The van der Waals surface area contributed by atoms with Crippen molar-refractivity contribution in [3.05, 3.63) is 0 Å². The van der Waals surface area contributed by atoms with Gasteiger partial charge in [-0.2, -0.15) is 0 Å². The lowest BCUT2D eigenvalue weighted by molar-refractivity contribution is -0.146. The third-order valence-electron chi connectivity index (χ3n) is 4.21. The zero-order valence-corrected chi connectivity index (χ0v) is 14.8. The van der Waals surface area contributed by atoms with Crippen LogP contribution in [0, 0.1) is 11.8 Å². The molecule has 2 aliphatic rings. The minimum Gasteiger partial charge on any atom is -0.496 e. The summed E-state index contributed by atoms with van der Waals surface area (Å²) < 4.78 is 16.6. The van der Waals surface area contributed by atoms with Crippen molar-refractivity contribution in [2.75, 3.05) is 20.1 Å². The van der Waals surface area contributed by atoms with E-state index in [4.69, 9.17) is 14.0 Å². The first kappa shape index (κ1) is 18.8. The molecule has 0 amide bonds. The summed E-state index contributed by atoms with van der Waals surface area (Å²) in [7, 11) is 0.661. The number of carbonyl (C=O) groups is 2. The quantitative estimate of drug-likeness (QED) is 0.318. The standard InChI is InChI=1S/C17H26BNO5/c1-4-6-8-9-10-14-17(22-14,11-7-5-2)18-23-15(20)12-19(3)13-16(21)24-18/h14H,4-8,11-13H2,1-3H3. The van der Waals surface area contributed by atoms with E-state index >= 15 is 0 Å². The number of hydrogen-bond donors (Lipinski definition) is 0. The van der Waals surface area contributed by atoms with Gasteiger partial charge in [0.25, 0.3) is 0 Å². The summed E-state index contributed by atoms with van der Waals surface area (Å²) in [5.41, 5.74) is -0.809. The molecule has 2 unspecified atom stereocenters. The number of rotatable bonds is 6. The molecule has 2 aliphatic heterocycles. The van der Waals surface area contributed by atoms with Crippen molar-refractivity contribution >= 4 is 19.1 Å². The molecule has 0 N–H and O–H groups in total. The van der Waals surface area contributed by atoms with Crippen LogP contribution in [-0.2, 0) is 23.6 Å². The molecule has 132 valence electrons. The molecule has 0 bridgehead atoms. The van der Waals surface area contributed by atoms with Crippen LogP contribution in [-0.4, -0.2) is 55.7 Å². The van der Waals surface area contributed by atoms with Gasteiger partial charge in [-0.25, -0.2) is 0 Å². The molecule has 0 aliphatic carbocycles. The average molecular weight is 335 g/mol. The highest BCUT2D eigenvalue weighted by Gasteiger charge is 2.69. The normalized spacial score (nSPS) is 27.5. The fourth-order valence-electron chi connectivity index (χ4n) is 2.74. The van der Waals surface area contributed by atoms with Gasteiger partial charge in [-0.15, -0.1) is 5.92 Å². The second kappa shape index (κ2) is 8.54. The summed E-state index contributed by atoms with van der Waals surface area (Å²) in [6.45, 7) is 4.30. The number of nitrogens with zero attached hydrogens (tertiary/aromatic N) is 1. The van der Waals surface area contributed by atoms with E-state index in [1.54, 1.807) is 11.9 Å². The lowest BCUT2D eigenvalue weighted by atomic mass is 9.66. The Morgan fingerprint density at radius 2 is 1.79 bits per heavy atom. The maximum absolute atomic E-state index is 12.0. The largest absolute Gasteiger partial charge is 0.637 e. The van der Waals surface area contributed by atoms with Crippen LogP contribution in [0.4, 0.5) is 0 Å². The summed E-state index contributed by atoms with van der Waals surface area (Å²) in [4.78, 5) is 25.5. The van der Waals surface area contributed by atoms with Gasteiger partial charge < -0.3 is 14.0 Å². The first-order chi connectivity index (χ1) is 11.5. The van der Waals surface area contributed by atoms with E-state index in [2.05, 4.69) is 25.7 Å². The van der Waals surface area contributed by atoms with Crippen molar-refractivity contribution in [1.82, 2.24) is 4.90 Å². The number of likely N-dealkylation sites (N-methyl/N-ethyl adjacent to an activating group) is 1. The number of unbranched alkanes of at least 4 members (excludes halogenated alkanes) is 3. The highest BCUT2D eigenvalue weighted by atomic mass is 16.7. The molecule has 2 rings (SSSR count). The topological polar surface area (TPSA) is 68.4 Å². The Morgan fingerprint density at radius 3 is 2.38 bits per heavy atom. The average Bonchev–Trinajstić information content (AvgIpc) is 3.21. The first-order valence-electron chi connectivity index (χ1n) is 8.75. The zero-order chi connectivity index (χ0) is 17.6. The van der Waals surface area contributed by atoms with Gasteiger partial charge >= 0.3 is 19.1 Å². The Bertz CT molecular complexity index is 509. The molecule has 0 aromatic carbocycles. The van der Waals surface area contributed by atoms with Gasteiger partial charge in [0.2, 0.25) is 0 Å². The minimum absolute atomic E-state index is 0.0578. The summed E-state index contributed by atoms with van der Waals surface area (Å²) in [6.07, 6.45) is 5.11. The number of carbonyl (C=O) groups excluding carboxylic acids is 2. The SMILES string of the molecule is CCCCC#CC1OC1(CCCC)B1OC(=O)CN(C)CC(=O)O1. The van der Waals surface area contributed by atoms with Crippen molar-refractivity contribution in [3.63, 3.8) is 0 Å². The van der Waals surface area contributed by atoms with Crippen LogP contribution in [0.15, 0.2) is 0 Å². The van der Waals surface area contributed by atoms with E-state index in [0.29, 0.717) is 6.42 Å². The molecule has 0 spiro atoms. The minimum atomic E-state index is -1.01. The predicted octanol–water partition coefficient (Wildman–Crippen LogP) is 1.57. The van der Waals surface area contributed by atoms with Crippen LogP contribution < -0.4 is 0 Å². The number of hydrogen-bond acceptors (Lipinski definition) is 6. The van der Waals surface area contributed by atoms with E-state index in [1.165, 1.54) is 0 Å². The number of epoxide rings is 1. The summed E-state index contributed by atoms with van der Waals surface area (Å²) in [5, 5.41) is 0. The molecule has 0 saturated carbocycles. The third-order valence-corrected chi connectivity index (χ3v) is 4.21. The van der Waals surface area contributed by atoms with Gasteiger partial charge in [0.15, 0.2) is 5.50 Å². The number of ether oxygens (including phenoxy) is 1. The Balaban J connectivity index is 2.10. The maximum atomic E-state index is 12.0. The third kappa shape index (κ3) is 4.75. The zero-order valence-electron chi connectivity index (χ0n) is 14.8. The predicted molar refractivity (Wildman–Crippen MR) is 89.9 cm³/mol. The van der Waals surface area contributed by atoms with Crippen molar-refractivity contribution < 1.29 is 23.6 Å². The fourth-order valence-corrected chi connectivity index (χ4v) is 2.74. The van der Waals surface area contributed by atoms with Crippen LogP contribution in [0.3, 0.4) is 0 Å². The second-order valence-electron chi connectivity index (χ2n) is 6.47. The van der Waals surface area contributed by atoms with E-state index in [0.717, 1.165) is 32.1 Å². The van der Waals surface area contributed by atoms with Gasteiger partial charge in [-0.1, -0.05) is 39.0 Å². The van der Waals surface area contributed by atoms with Crippen LogP contribution in [0.25, 0.3) is 0 Å². The summed E-state index contributed by atoms with van der Waals surface area (Å²) in [6, 6.07) is 0. The maximum Gasteiger partial charge on any atom is 0.637 e. The van der Waals surface area contributed by atoms with Crippen LogP contribution in [0.2, 0.25) is 0 Å². The van der Waals surface area contributed by atoms with Crippen molar-refractivity contribution in [2.24, 2.45) is 0 Å². The van der Waals surface area contributed by atoms with Crippen LogP contribution in [0.1, 0.15) is 52.4 Å². The molecule has 24 heavy (non-hydrogen) atoms. The lowest BCUT2D eigenvalue weighted by Crippen LogP contribution is -2.50. The molecule has 2 atom stereocenters. The monoisotopic (exact) mass is 335 g/mol. The highest BCUT2D eigenvalue weighted by molar-refractivity contribution is 6.54. The van der Waals surface area contributed by atoms with Gasteiger partial charge in [0.1, 0.15) is 6.10 Å².